The Bertz CT molecular complexity index is 1030. The third-order valence-electron chi connectivity index (χ3n) is 7.07. The van der Waals surface area contributed by atoms with Gasteiger partial charge in [0.2, 0.25) is 0 Å². The fraction of sp³-hybridized carbons (Fsp3) is 0.323. The lowest BCUT2D eigenvalue weighted by Gasteiger charge is -2.34. The van der Waals surface area contributed by atoms with Crippen LogP contribution in [0.3, 0.4) is 0 Å². The molecule has 33 heavy (non-hydrogen) atoms. The van der Waals surface area contributed by atoms with Gasteiger partial charge in [0, 0.05) is 18.3 Å². The number of allylic oxidation sites excluding steroid dienone is 1. The number of aliphatic hydroxyl groups excluding tert-OH is 1. The van der Waals surface area contributed by atoms with E-state index in [0.717, 1.165) is 30.4 Å². The normalized spacial score (nSPS) is 22.1. The van der Waals surface area contributed by atoms with Gasteiger partial charge in [-0.1, -0.05) is 103 Å². The number of aliphatic hydroxyl groups is 1. The van der Waals surface area contributed by atoms with Gasteiger partial charge in [-0.25, -0.2) is 0 Å². The molecule has 1 aliphatic carbocycles. The van der Waals surface area contributed by atoms with Crippen LogP contribution in [0.1, 0.15) is 66.7 Å². The molecule has 0 aliphatic heterocycles. The van der Waals surface area contributed by atoms with Gasteiger partial charge in [-0.15, -0.1) is 0 Å². The molecule has 3 aromatic rings. The number of benzene rings is 3. The Kier molecular flexibility index (Phi) is 7.57. The molecule has 0 heterocycles. The number of aryl methyl sites for hydroxylation is 1. The highest BCUT2D eigenvalue weighted by Gasteiger charge is 2.37. The molecule has 170 valence electrons. The molecule has 0 bridgehead atoms. The Morgan fingerprint density at radius 1 is 0.909 bits per heavy atom. The van der Waals surface area contributed by atoms with Gasteiger partial charge >= 0.3 is 0 Å². The second kappa shape index (κ2) is 10.8. The first-order chi connectivity index (χ1) is 16.0. The van der Waals surface area contributed by atoms with Gasteiger partial charge in [-0.3, -0.25) is 4.79 Å². The molecule has 2 nitrogen and oxygen atoms in total. The minimum atomic E-state index is -0.659. The van der Waals surface area contributed by atoms with Gasteiger partial charge < -0.3 is 5.11 Å². The first kappa shape index (κ1) is 23.2. The molecule has 3 aromatic carbocycles. The molecule has 0 amide bonds. The third-order valence-corrected chi connectivity index (χ3v) is 7.07. The van der Waals surface area contributed by atoms with E-state index in [9.17, 15) is 9.90 Å². The zero-order valence-electron chi connectivity index (χ0n) is 19.7. The molecule has 4 rings (SSSR count). The topological polar surface area (TPSA) is 37.3 Å². The van der Waals surface area contributed by atoms with E-state index in [-0.39, 0.29) is 24.0 Å². The van der Waals surface area contributed by atoms with Crippen molar-refractivity contribution in [2.45, 2.75) is 57.5 Å². The second-order valence-corrected chi connectivity index (χ2v) is 9.37. The highest BCUT2D eigenvalue weighted by Crippen LogP contribution is 2.39. The monoisotopic (exact) mass is 438 g/mol. The van der Waals surface area contributed by atoms with E-state index in [4.69, 9.17) is 0 Å². The Morgan fingerprint density at radius 3 is 2.06 bits per heavy atom. The van der Waals surface area contributed by atoms with Crippen LogP contribution in [0.4, 0.5) is 0 Å². The van der Waals surface area contributed by atoms with E-state index < -0.39 is 6.10 Å². The standard InChI is InChI=1S/C31H34O2/c1-22-17-19-26(20-18-22)31-23(2)27(29(32)21-30(31)33)15-9-10-16-28(24-11-5-3-6-12-24)25-13-7-4-8-14-25/h3-8,11-15,17-20,23,28-29,31-32H,9-10,16,21H2,1-2H3/b27-15+. The van der Waals surface area contributed by atoms with E-state index in [1.54, 1.807) is 0 Å². The minimum absolute atomic E-state index is 0.0167. The van der Waals surface area contributed by atoms with E-state index >= 15 is 0 Å². The van der Waals surface area contributed by atoms with Crippen molar-refractivity contribution in [1.29, 1.82) is 0 Å². The van der Waals surface area contributed by atoms with E-state index in [2.05, 4.69) is 105 Å². The molecule has 3 atom stereocenters. The fourth-order valence-electron chi connectivity index (χ4n) is 5.27. The van der Waals surface area contributed by atoms with Crippen molar-refractivity contribution < 1.29 is 9.90 Å². The Morgan fingerprint density at radius 2 is 1.48 bits per heavy atom. The number of hydrogen-bond acceptors (Lipinski definition) is 2. The zero-order chi connectivity index (χ0) is 23.2. The van der Waals surface area contributed by atoms with Gasteiger partial charge in [0.25, 0.3) is 0 Å². The van der Waals surface area contributed by atoms with Gasteiger partial charge in [0.1, 0.15) is 5.78 Å². The third kappa shape index (κ3) is 5.51. The summed E-state index contributed by atoms with van der Waals surface area (Å²) >= 11 is 0. The quantitative estimate of drug-likeness (QED) is 0.319. The molecule has 1 fully saturated rings. The second-order valence-electron chi connectivity index (χ2n) is 9.37. The van der Waals surface area contributed by atoms with Crippen molar-refractivity contribution in [3.63, 3.8) is 0 Å². The molecule has 1 N–H and O–H groups in total. The number of unbranched alkanes of at least 4 members (excludes halogenated alkanes) is 1. The highest BCUT2D eigenvalue weighted by molar-refractivity contribution is 5.88. The van der Waals surface area contributed by atoms with Gasteiger partial charge in [-0.2, -0.15) is 0 Å². The zero-order valence-corrected chi connectivity index (χ0v) is 19.7. The predicted octanol–water partition coefficient (Wildman–Crippen LogP) is 6.98. The van der Waals surface area contributed by atoms with Crippen LogP contribution in [-0.2, 0) is 4.79 Å². The molecule has 0 aromatic heterocycles. The first-order valence-electron chi connectivity index (χ1n) is 12.1. The van der Waals surface area contributed by atoms with Gasteiger partial charge in [0.15, 0.2) is 0 Å². The van der Waals surface area contributed by atoms with Crippen LogP contribution < -0.4 is 0 Å². The molecule has 0 spiro atoms. The summed E-state index contributed by atoms with van der Waals surface area (Å²) in [5.41, 5.74) is 5.96. The smallest absolute Gasteiger partial charge is 0.143 e. The SMILES string of the molecule is Cc1ccc(C2C(=O)CC(O)/C(=C/CCCC(c3ccccc3)c3ccccc3)C2C)cc1. The summed E-state index contributed by atoms with van der Waals surface area (Å²) in [4.78, 5) is 12.8. The lowest BCUT2D eigenvalue weighted by Crippen LogP contribution is -2.35. The lowest BCUT2D eigenvalue weighted by molar-refractivity contribution is -0.124. The summed E-state index contributed by atoms with van der Waals surface area (Å²) in [6.45, 7) is 4.15. The molecule has 0 saturated heterocycles. The maximum absolute atomic E-state index is 12.8. The van der Waals surface area contributed by atoms with Crippen LogP contribution in [0.5, 0.6) is 0 Å². The van der Waals surface area contributed by atoms with Crippen LogP contribution in [0.2, 0.25) is 0 Å². The molecule has 1 aliphatic rings. The van der Waals surface area contributed by atoms with Crippen molar-refractivity contribution in [1.82, 2.24) is 0 Å². The van der Waals surface area contributed by atoms with Crippen molar-refractivity contribution in [3.8, 4) is 0 Å². The van der Waals surface area contributed by atoms with E-state index in [0.29, 0.717) is 5.92 Å². The highest BCUT2D eigenvalue weighted by atomic mass is 16.3. The van der Waals surface area contributed by atoms with Crippen molar-refractivity contribution in [3.05, 3.63) is 119 Å². The number of rotatable bonds is 7. The summed E-state index contributed by atoms with van der Waals surface area (Å²) in [6.07, 6.45) is 4.74. The number of carbonyl (C=O) groups is 1. The largest absolute Gasteiger partial charge is 0.388 e. The van der Waals surface area contributed by atoms with Gasteiger partial charge in [0.05, 0.1) is 6.10 Å². The lowest BCUT2D eigenvalue weighted by atomic mass is 9.71. The average molecular weight is 439 g/mol. The average Bonchev–Trinajstić information content (AvgIpc) is 2.83. The summed E-state index contributed by atoms with van der Waals surface area (Å²) in [5, 5.41) is 10.7. The molecular formula is C31H34O2. The van der Waals surface area contributed by atoms with Crippen molar-refractivity contribution >= 4 is 5.78 Å². The fourth-order valence-corrected chi connectivity index (χ4v) is 5.27. The molecular weight excluding hydrogens is 404 g/mol. The number of carbonyl (C=O) groups excluding carboxylic acids is 1. The Hall–Kier alpha value is -2.97. The number of ketones is 1. The summed E-state index contributed by atoms with van der Waals surface area (Å²) in [7, 11) is 0. The predicted molar refractivity (Wildman–Crippen MR) is 135 cm³/mol. The number of hydrogen-bond donors (Lipinski definition) is 1. The molecule has 1 saturated carbocycles. The molecule has 3 unspecified atom stereocenters. The van der Waals surface area contributed by atoms with Crippen LogP contribution in [0, 0.1) is 12.8 Å². The number of Topliss-reactive ketones (excluding diaryl/α,β-unsaturated/α-hetero) is 1. The summed E-state index contributed by atoms with van der Waals surface area (Å²) < 4.78 is 0. The maximum Gasteiger partial charge on any atom is 0.143 e. The van der Waals surface area contributed by atoms with Crippen molar-refractivity contribution in [2.24, 2.45) is 5.92 Å². The summed E-state index contributed by atoms with van der Waals surface area (Å²) in [6, 6.07) is 29.6. The summed E-state index contributed by atoms with van der Waals surface area (Å²) in [5.74, 6) is 0.357. The van der Waals surface area contributed by atoms with Crippen LogP contribution in [-0.4, -0.2) is 17.0 Å². The minimum Gasteiger partial charge on any atom is -0.388 e. The van der Waals surface area contributed by atoms with Crippen LogP contribution in [0.15, 0.2) is 96.6 Å². The molecule has 2 heteroatoms. The van der Waals surface area contributed by atoms with E-state index in [1.807, 2.05) is 0 Å². The van der Waals surface area contributed by atoms with Crippen LogP contribution >= 0.6 is 0 Å². The van der Waals surface area contributed by atoms with Gasteiger partial charge in [-0.05, 0) is 54.4 Å². The van der Waals surface area contributed by atoms with Crippen molar-refractivity contribution in [2.75, 3.05) is 0 Å². The first-order valence-corrected chi connectivity index (χ1v) is 12.1. The van der Waals surface area contributed by atoms with E-state index in [1.165, 1.54) is 16.7 Å². The Labute approximate surface area is 198 Å². The molecule has 0 radical (unpaired) electrons. The Balaban J connectivity index is 1.47. The maximum atomic E-state index is 12.8. The van der Waals surface area contributed by atoms with Crippen LogP contribution in [0.25, 0.3) is 0 Å².